The summed E-state index contributed by atoms with van der Waals surface area (Å²) in [6, 6.07) is 14.6. The zero-order chi connectivity index (χ0) is 17.9. The Morgan fingerprint density at radius 3 is 2.81 bits per heavy atom. The zero-order valence-corrected chi connectivity index (χ0v) is 15.1. The summed E-state index contributed by atoms with van der Waals surface area (Å²) >= 11 is 0. The number of aryl methyl sites for hydroxylation is 1. The summed E-state index contributed by atoms with van der Waals surface area (Å²) in [5.74, 6) is 0.257. The standard InChI is InChI=1S/C20H23N5O/c1-24-13-19(22-23-24)17-12-25(14-20(17)26-2)11-15-6-5-7-16(10-15)18-8-3-4-9-21-18/h3-10,13,17,20H,11-12,14H2,1-2H3/t17-,20+/m0/s1. The van der Waals surface area contributed by atoms with E-state index in [1.54, 1.807) is 11.8 Å². The first-order valence-electron chi connectivity index (χ1n) is 8.84. The van der Waals surface area contributed by atoms with Crippen LogP contribution in [0.25, 0.3) is 11.3 Å². The van der Waals surface area contributed by atoms with Crippen molar-refractivity contribution in [2.75, 3.05) is 20.2 Å². The minimum atomic E-state index is 0.144. The number of pyridine rings is 1. The van der Waals surface area contributed by atoms with E-state index in [0.717, 1.165) is 36.6 Å². The molecule has 6 heteroatoms. The Morgan fingerprint density at radius 1 is 1.15 bits per heavy atom. The van der Waals surface area contributed by atoms with E-state index in [9.17, 15) is 0 Å². The van der Waals surface area contributed by atoms with E-state index in [0.29, 0.717) is 0 Å². The molecule has 3 heterocycles. The van der Waals surface area contributed by atoms with E-state index in [1.807, 2.05) is 37.6 Å². The molecular formula is C20H23N5O. The molecule has 1 saturated heterocycles. The number of aromatic nitrogens is 4. The molecule has 3 aromatic rings. The topological polar surface area (TPSA) is 56.1 Å². The highest BCUT2D eigenvalue weighted by Crippen LogP contribution is 2.29. The van der Waals surface area contributed by atoms with E-state index < -0.39 is 0 Å². The highest BCUT2D eigenvalue weighted by atomic mass is 16.5. The summed E-state index contributed by atoms with van der Waals surface area (Å²) in [7, 11) is 3.67. The van der Waals surface area contributed by atoms with Gasteiger partial charge in [-0.3, -0.25) is 14.6 Å². The number of nitrogens with zero attached hydrogens (tertiary/aromatic N) is 5. The van der Waals surface area contributed by atoms with Crippen LogP contribution in [0.3, 0.4) is 0 Å². The molecule has 26 heavy (non-hydrogen) atoms. The lowest BCUT2D eigenvalue weighted by Crippen LogP contribution is -2.22. The van der Waals surface area contributed by atoms with Crippen LogP contribution in [0.1, 0.15) is 17.2 Å². The fraction of sp³-hybridized carbons (Fsp3) is 0.350. The molecule has 2 atom stereocenters. The first-order valence-corrected chi connectivity index (χ1v) is 8.84. The van der Waals surface area contributed by atoms with Gasteiger partial charge in [-0.25, -0.2) is 0 Å². The molecule has 1 aliphatic rings. The summed E-state index contributed by atoms with van der Waals surface area (Å²) in [5.41, 5.74) is 4.44. The van der Waals surface area contributed by atoms with Crippen molar-refractivity contribution in [1.29, 1.82) is 0 Å². The lowest BCUT2D eigenvalue weighted by molar-refractivity contribution is 0.0957. The van der Waals surface area contributed by atoms with E-state index >= 15 is 0 Å². The molecule has 2 aromatic heterocycles. The van der Waals surface area contributed by atoms with Crippen molar-refractivity contribution in [3.8, 4) is 11.3 Å². The van der Waals surface area contributed by atoms with Crippen LogP contribution in [-0.4, -0.2) is 51.2 Å². The third-order valence-corrected chi connectivity index (χ3v) is 4.94. The van der Waals surface area contributed by atoms with Crippen LogP contribution in [0.5, 0.6) is 0 Å². The molecule has 1 aromatic carbocycles. The summed E-state index contributed by atoms with van der Waals surface area (Å²) in [4.78, 5) is 6.87. The SMILES string of the molecule is CO[C@@H]1CN(Cc2cccc(-c3ccccn3)c2)C[C@H]1c1cn(C)nn1. The summed E-state index contributed by atoms with van der Waals surface area (Å²) in [6.07, 6.45) is 3.96. The molecule has 0 spiro atoms. The van der Waals surface area contributed by atoms with Gasteiger partial charge in [0.05, 0.1) is 17.5 Å². The molecule has 6 nitrogen and oxygen atoms in total. The summed E-state index contributed by atoms with van der Waals surface area (Å²) in [5, 5.41) is 8.36. The number of hydrogen-bond donors (Lipinski definition) is 0. The van der Waals surface area contributed by atoms with E-state index in [4.69, 9.17) is 4.74 Å². The maximum absolute atomic E-state index is 5.72. The largest absolute Gasteiger partial charge is 0.379 e. The van der Waals surface area contributed by atoms with Crippen molar-refractivity contribution >= 4 is 0 Å². The maximum atomic E-state index is 5.72. The molecule has 0 amide bonds. The van der Waals surface area contributed by atoms with Crippen LogP contribution >= 0.6 is 0 Å². The average molecular weight is 349 g/mol. The van der Waals surface area contributed by atoms with Crippen molar-refractivity contribution in [1.82, 2.24) is 24.9 Å². The minimum Gasteiger partial charge on any atom is -0.379 e. The molecule has 0 aliphatic carbocycles. The number of hydrogen-bond acceptors (Lipinski definition) is 5. The number of ether oxygens (including phenoxy) is 1. The van der Waals surface area contributed by atoms with Gasteiger partial charge in [-0.15, -0.1) is 5.10 Å². The Labute approximate surface area is 153 Å². The molecule has 1 aliphatic heterocycles. The van der Waals surface area contributed by atoms with Crippen LogP contribution < -0.4 is 0 Å². The first-order chi connectivity index (χ1) is 12.7. The van der Waals surface area contributed by atoms with Crippen molar-refractivity contribution in [3.05, 3.63) is 66.1 Å². The molecule has 134 valence electrons. The molecule has 1 fully saturated rings. The third kappa shape index (κ3) is 3.52. The van der Waals surface area contributed by atoms with Crippen LogP contribution in [0, 0.1) is 0 Å². The van der Waals surface area contributed by atoms with Crippen LogP contribution in [0.15, 0.2) is 54.9 Å². The Balaban J connectivity index is 1.49. The number of methoxy groups -OCH3 is 1. The van der Waals surface area contributed by atoms with Crippen LogP contribution in [-0.2, 0) is 18.3 Å². The second-order valence-corrected chi connectivity index (χ2v) is 6.81. The second kappa shape index (κ2) is 7.35. The third-order valence-electron chi connectivity index (χ3n) is 4.94. The number of rotatable bonds is 5. The fourth-order valence-electron chi connectivity index (χ4n) is 3.66. The van der Waals surface area contributed by atoms with Crippen molar-refractivity contribution in [3.63, 3.8) is 0 Å². The monoisotopic (exact) mass is 349 g/mol. The highest BCUT2D eigenvalue weighted by Gasteiger charge is 2.35. The molecular weight excluding hydrogens is 326 g/mol. The van der Waals surface area contributed by atoms with Crippen molar-refractivity contribution in [2.45, 2.75) is 18.6 Å². The van der Waals surface area contributed by atoms with Gasteiger partial charge in [0.15, 0.2) is 0 Å². The predicted molar refractivity (Wildman–Crippen MR) is 99.5 cm³/mol. The smallest absolute Gasteiger partial charge is 0.0897 e. The lowest BCUT2D eigenvalue weighted by atomic mass is 10.0. The molecule has 0 bridgehead atoms. The second-order valence-electron chi connectivity index (χ2n) is 6.81. The average Bonchev–Trinajstić information content (AvgIpc) is 3.28. The Hall–Kier alpha value is -2.57. The Kier molecular flexibility index (Phi) is 4.77. The van der Waals surface area contributed by atoms with Gasteiger partial charge >= 0.3 is 0 Å². The van der Waals surface area contributed by atoms with Crippen LogP contribution in [0.4, 0.5) is 0 Å². The van der Waals surface area contributed by atoms with Gasteiger partial charge in [0, 0.05) is 57.7 Å². The molecule has 0 N–H and O–H groups in total. The Bertz CT molecular complexity index is 863. The van der Waals surface area contributed by atoms with Gasteiger partial charge in [-0.1, -0.05) is 29.5 Å². The normalized spacial score (nSPS) is 20.5. The van der Waals surface area contributed by atoms with Gasteiger partial charge in [0.25, 0.3) is 0 Å². The lowest BCUT2D eigenvalue weighted by Gasteiger charge is -2.16. The van der Waals surface area contributed by atoms with Crippen molar-refractivity contribution < 1.29 is 4.74 Å². The number of benzene rings is 1. The minimum absolute atomic E-state index is 0.144. The summed E-state index contributed by atoms with van der Waals surface area (Å²) < 4.78 is 7.47. The number of likely N-dealkylation sites (tertiary alicyclic amines) is 1. The highest BCUT2D eigenvalue weighted by molar-refractivity contribution is 5.59. The molecule has 0 radical (unpaired) electrons. The van der Waals surface area contributed by atoms with E-state index in [2.05, 4.69) is 44.5 Å². The quantitative estimate of drug-likeness (QED) is 0.708. The predicted octanol–water partition coefficient (Wildman–Crippen LogP) is 2.49. The zero-order valence-electron chi connectivity index (χ0n) is 15.1. The summed E-state index contributed by atoms with van der Waals surface area (Å²) in [6.45, 7) is 2.70. The van der Waals surface area contributed by atoms with Crippen molar-refractivity contribution in [2.24, 2.45) is 7.05 Å². The molecule has 0 unspecified atom stereocenters. The van der Waals surface area contributed by atoms with E-state index in [-0.39, 0.29) is 12.0 Å². The molecule has 4 rings (SSSR count). The molecule has 0 saturated carbocycles. The van der Waals surface area contributed by atoms with E-state index in [1.165, 1.54) is 5.56 Å². The van der Waals surface area contributed by atoms with Crippen LogP contribution in [0.2, 0.25) is 0 Å². The van der Waals surface area contributed by atoms with Gasteiger partial charge in [-0.05, 0) is 23.8 Å². The van der Waals surface area contributed by atoms with Gasteiger partial charge in [0.2, 0.25) is 0 Å². The van der Waals surface area contributed by atoms with Gasteiger partial charge in [-0.2, -0.15) is 0 Å². The fourth-order valence-corrected chi connectivity index (χ4v) is 3.66. The Morgan fingerprint density at radius 2 is 2.08 bits per heavy atom. The first kappa shape index (κ1) is 16.9. The van der Waals surface area contributed by atoms with Gasteiger partial charge in [0.1, 0.15) is 0 Å². The van der Waals surface area contributed by atoms with Gasteiger partial charge < -0.3 is 4.74 Å². The maximum Gasteiger partial charge on any atom is 0.0897 e.